The second-order valence-electron chi connectivity index (χ2n) is 5.66. The lowest BCUT2D eigenvalue weighted by molar-refractivity contribution is -0.384. The van der Waals surface area contributed by atoms with Crippen LogP contribution >= 0.6 is 0 Å². The van der Waals surface area contributed by atoms with Gasteiger partial charge in [0.15, 0.2) is 0 Å². The monoisotopic (exact) mass is 334 g/mol. The molecule has 7 heteroatoms. The number of benzene rings is 1. The molecule has 0 aliphatic heterocycles. The molecule has 0 spiro atoms. The number of nitro benzene ring substituents is 1. The topological polar surface area (TPSA) is 93.9 Å². The molecule has 0 aliphatic carbocycles. The number of Topliss-reactive ketones (excluding diaryl/α,β-unsaturated/α-hetero) is 1. The molecular weight excluding hydrogens is 320 g/mol. The Labute approximate surface area is 143 Å². The number of carbonyl (C=O) groups excluding carboxylic acids is 1. The van der Waals surface area contributed by atoms with E-state index in [1.807, 2.05) is 25.4 Å². The van der Waals surface area contributed by atoms with Crippen molar-refractivity contribution < 1.29 is 9.72 Å². The molecule has 0 unspecified atom stereocenters. The summed E-state index contributed by atoms with van der Waals surface area (Å²) in [7, 11) is 3.56. The van der Waals surface area contributed by atoms with Crippen LogP contribution in [0.5, 0.6) is 0 Å². The molecule has 0 N–H and O–H groups in total. The first-order valence-corrected chi connectivity index (χ1v) is 7.43. The zero-order chi connectivity index (χ0) is 18.1. The number of nitro groups is 1. The van der Waals surface area contributed by atoms with Crippen molar-refractivity contribution in [2.45, 2.75) is 0 Å². The van der Waals surface area contributed by atoms with E-state index in [0.29, 0.717) is 10.9 Å². The van der Waals surface area contributed by atoms with Gasteiger partial charge in [0.25, 0.3) is 5.69 Å². The smallest absolute Gasteiger partial charge is 0.270 e. The molecule has 0 saturated carbocycles. The average molecular weight is 334 g/mol. The van der Waals surface area contributed by atoms with Gasteiger partial charge in [-0.1, -0.05) is 0 Å². The third kappa shape index (κ3) is 2.81. The molecule has 7 nitrogen and oxygen atoms in total. The molecule has 0 saturated heterocycles. The summed E-state index contributed by atoms with van der Waals surface area (Å²) in [6.45, 7) is 0. The second-order valence-corrected chi connectivity index (χ2v) is 5.66. The normalized spacial score (nSPS) is 11.5. The lowest BCUT2D eigenvalue weighted by atomic mass is 10.0. The van der Waals surface area contributed by atoms with Gasteiger partial charge in [-0.05, 0) is 24.3 Å². The van der Waals surface area contributed by atoms with Crippen molar-refractivity contribution in [1.82, 2.24) is 9.13 Å². The van der Waals surface area contributed by atoms with E-state index in [9.17, 15) is 20.2 Å². The van der Waals surface area contributed by atoms with Gasteiger partial charge in [-0.15, -0.1) is 0 Å². The van der Waals surface area contributed by atoms with E-state index >= 15 is 0 Å². The standard InChI is InChI=1S/C18H14N4O3/c1-20-7-3-4-13(20)8-12(10-19)18(23)16-11-21(2)17-6-5-14(22(24)25)9-15(16)17/h3-9,11H,1-2H3/b12-8+. The van der Waals surface area contributed by atoms with Crippen LogP contribution in [0.2, 0.25) is 0 Å². The summed E-state index contributed by atoms with van der Waals surface area (Å²) in [5, 5.41) is 20.9. The number of non-ortho nitro benzene ring substituents is 1. The first-order valence-electron chi connectivity index (χ1n) is 7.43. The quantitative estimate of drug-likeness (QED) is 0.241. The Morgan fingerprint density at radius 1 is 1.28 bits per heavy atom. The van der Waals surface area contributed by atoms with Gasteiger partial charge in [-0.3, -0.25) is 14.9 Å². The molecule has 1 aromatic carbocycles. The van der Waals surface area contributed by atoms with E-state index in [0.717, 1.165) is 5.69 Å². The molecule has 124 valence electrons. The molecule has 0 aliphatic rings. The largest absolute Gasteiger partial charge is 0.351 e. The predicted molar refractivity (Wildman–Crippen MR) is 92.9 cm³/mol. The van der Waals surface area contributed by atoms with Crippen molar-refractivity contribution in [3.8, 4) is 6.07 Å². The third-order valence-electron chi connectivity index (χ3n) is 4.07. The average Bonchev–Trinajstić information content (AvgIpc) is 3.15. The van der Waals surface area contributed by atoms with E-state index in [1.165, 1.54) is 18.2 Å². The van der Waals surface area contributed by atoms with Crippen molar-refractivity contribution in [1.29, 1.82) is 5.26 Å². The van der Waals surface area contributed by atoms with E-state index < -0.39 is 10.7 Å². The summed E-state index contributed by atoms with van der Waals surface area (Å²) < 4.78 is 3.50. The van der Waals surface area contributed by atoms with Gasteiger partial charge < -0.3 is 9.13 Å². The predicted octanol–water partition coefficient (Wildman–Crippen LogP) is 3.21. The van der Waals surface area contributed by atoms with Crippen LogP contribution in [0.15, 0.2) is 48.3 Å². The Morgan fingerprint density at radius 2 is 2.04 bits per heavy atom. The Balaban J connectivity index is 2.14. The van der Waals surface area contributed by atoms with Crippen LogP contribution in [-0.4, -0.2) is 19.8 Å². The van der Waals surface area contributed by atoms with Crippen LogP contribution in [-0.2, 0) is 14.1 Å². The molecule has 25 heavy (non-hydrogen) atoms. The molecule has 0 bridgehead atoms. The molecule has 0 fully saturated rings. The Bertz CT molecular complexity index is 1080. The van der Waals surface area contributed by atoms with Crippen LogP contribution in [0.1, 0.15) is 16.1 Å². The SMILES string of the molecule is Cn1cccc1/C=C(\C#N)C(=O)c1cn(C)c2ccc([N+](=O)[O-])cc12. The van der Waals surface area contributed by atoms with Crippen LogP contribution in [0.25, 0.3) is 17.0 Å². The van der Waals surface area contributed by atoms with Crippen molar-refractivity contribution in [3.05, 3.63) is 69.7 Å². The van der Waals surface area contributed by atoms with Gasteiger partial charge in [-0.2, -0.15) is 5.26 Å². The minimum atomic E-state index is -0.508. The summed E-state index contributed by atoms with van der Waals surface area (Å²) in [4.78, 5) is 23.3. The molecule has 3 rings (SSSR count). The maximum Gasteiger partial charge on any atom is 0.270 e. The number of rotatable bonds is 4. The number of aromatic nitrogens is 2. The summed E-state index contributed by atoms with van der Waals surface area (Å²) in [5.74, 6) is -0.463. The highest BCUT2D eigenvalue weighted by Crippen LogP contribution is 2.27. The zero-order valence-electron chi connectivity index (χ0n) is 13.6. The highest BCUT2D eigenvalue weighted by molar-refractivity contribution is 6.20. The Hall–Kier alpha value is -3.66. The van der Waals surface area contributed by atoms with Gasteiger partial charge >= 0.3 is 0 Å². The Morgan fingerprint density at radius 3 is 2.64 bits per heavy atom. The Kier molecular flexibility index (Phi) is 3.95. The number of allylic oxidation sites excluding steroid dienone is 1. The molecule has 0 amide bonds. The lowest BCUT2D eigenvalue weighted by Crippen LogP contribution is -2.02. The second kappa shape index (κ2) is 6.09. The van der Waals surface area contributed by atoms with Crippen molar-refractivity contribution in [3.63, 3.8) is 0 Å². The molecule has 2 aromatic heterocycles. The molecule has 3 aromatic rings. The van der Waals surface area contributed by atoms with E-state index in [4.69, 9.17) is 0 Å². The van der Waals surface area contributed by atoms with Gasteiger partial charge in [0.1, 0.15) is 11.6 Å². The van der Waals surface area contributed by atoms with E-state index in [2.05, 4.69) is 0 Å². The number of fused-ring (bicyclic) bond motifs is 1. The molecule has 0 atom stereocenters. The van der Waals surface area contributed by atoms with Gasteiger partial charge in [-0.25, -0.2) is 0 Å². The van der Waals surface area contributed by atoms with Gasteiger partial charge in [0.05, 0.1) is 4.92 Å². The number of ketones is 1. The highest BCUT2D eigenvalue weighted by Gasteiger charge is 2.20. The fourth-order valence-corrected chi connectivity index (χ4v) is 2.74. The zero-order valence-corrected chi connectivity index (χ0v) is 13.6. The number of aryl methyl sites for hydroxylation is 2. The van der Waals surface area contributed by atoms with Crippen molar-refractivity contribution in [2.24, 2.45) is 14.1 Å². The van der Waals surface area contributed by atoms with Crippen LogP contribution < -0.4 is 0 Å². The fourth-order valence-electron chi connectivity index (χ4n) is 2.74. The van der Waals surface area contributed by atoms with E-state index in [-0.39, 0.29) is 16.8 Å². The number of nitriles is 1. The van der Waals surface area contributed by atoms with Gasteiger partial charge in [0.2, 0.25) is 5.78 Å². The molecular formula is C18H14N4O3. The van der Waals surface area contributed by atoms with Crippen LogP contribution in [0.3, 0.4) is 0 Å². The first kappa shape index (κ1) is 16.2. The summed E-state index contributed by atoms with van der Waals surface area (Å²) in [5.41, 5.74) is 1.54. The third-order valence-corrected chi connectivity index (χ3v) is 4.07. The van der Waals surface area contributed by atoms with Crippen LogP contribution in [0.4, 0.5) is 5.69 Å². The molecule has 2 heterocycles. The highest BCUT2D eigenvalue weighted by atomic mass is 16.6. The van der Waals surface area contributed by atoms with Gasteiger partial charge in [0, 0.05) is 60.8 Å². The summed E-state index contributed by atoms with van der Waals surface area (Å²) in [6.07, 6.45) is 4.91. The maximum atomic E-state index is 12.8. The van der Waals surface area contributed by atoms with Crippen molar-refractivity contribution >= 4 is 28.4 Å². The maximum absolute atomic E-state index is 12.8. The number of nitrogens with zero attached hydrogens (tertiary/aromatic N) is 4. The van der Waals surface area contributed by atoms with E-state index in [1.54, 1.807) is 34.5 Å². The summed E-state index contributed by atoms with van der Waals surface area (Å²) in [6, 6.07) is 9.88. The number of carbonyl (C=O) groups is 1. The fraction of sp³-hybridized carbons (Fsp3) is 0.111. The minimum absolute atomic E-state index is 0.0270. The first-order chi connectivity index (χ1) is 11.9. The minimum Gasteiger partial charge on any atom is -0.351 e. The number of hydrogen-bond donors (Lipinski definition) is 0. The van der Waals surface area contributed by atoms with Crippen LogP contribution in [0, 0.1) is 21.4 Å². The number of hydrogen-bond acceptors (Lipinski definition) is 4. The molecule has 0 radical (unpaired) electrons. The summed E-state index contributed by atoms with van der Waals surface area (Å²) >= 11 is 0. The van der Waals surface area contributed by atoms with Crippen molar-refractivity contribution in [2.75, 3.05) is 0 Å². The lowest BCUT2D eigenvalue weighted by Gasteiger charge is -2.00.